The van der Waals surface area contributed by atoms with E-state index in [-0.39, 0.29) is 87.6 Å². The molecule has 0 bridgehead atoms. The third kappa shape index (κ3) is 8.85. The topological polar surface area (TPSA) is 0 Å². The summed E-state index contributed by atoms with van der Waals surface area (Å²) in [5.41, 5.74) is 0. The quantitative estimate of drug-likeness (QED) is 0.310. The van der Waals surface area contributed by atoms with E-state index < -0.39 is 0 Å². The van der Waals surface area contributed by atoms with E-state index in [2.05, 4.69) is 0 Å². The molecule has 0 aromatic rings. The van der Waals surface area contributed by atoms with Crippen molar-refractivity contribution in [1.82, 2.24) is 0 Å². The molecule has 0 rings (SSSR count). The van der Waals surface area contributed by atoms with Crippen LogP contribution in [0.25, 0.3) is 0 Å². The Morgan fingerprint density at radius 3 is 1.00 bits per heavy atom. The Labute approximate surface area is 86.1 Å². The second-order valence-corrected chi connectivity index (χ2v) is 0. The molecule has 0 nitrogen and oxygen atoms in total. The van der Waals surface area contributed by atoms with Gasteiger partial charge in [-0.1, -0.05) is 0 Å². The minimum absolute atomic E-state index is 0. The van der Waals surface area contributed by atoms with Crippen LogP contribution in [-0.4, -0.2) is 53.5 Å². The van der Waals surface area contributed by atoms with Gasteiger partial charge < -0.3 is 0 Å². The van der Waals surface area contributed by atoms with Gasteiger partial charge in [0, 0.05) is 34.1 Å². The molecule has 0 aromatic heterocycles. The molecule has 4 radical (unpaired) electrons. The second-order valence-electron chi connectivity index (χ2n) is 0. The molecule has 32 valence electrons. The van der Waals surface area contributed by atoms with Crippen molar-refractivity contribution in [2.75, 3.05) is 0 Å². The maximum atomic E-state index is 0. The molecule has 0 saturated heterocycles. The second kappa shape index (κ2) is 17.0. The molecule has 0 spiro atoms. The van der Waals surface area contributed by atoms with Crippen LogP contribution in [0.15, 0.2) is 0 Å². The predicted molar refractivity (Wildman–Crippen MR) is 18.5 cm³/mol. The molecule has 4 heteroatoms. The van der Waals surface area contributed by atoms with Crippen molar-refractivity contribution in [2.24, 2.45) is 0 Å². The summed E-state index contributed by atoms with van der Waals surface area (Å²) in [4.78, 5) is 0. The first-order valence-corrected chi connectivity index (χ1v) is 0. The van der Waals surface area contributed by atoms with E-state index in [0.717, 1.165) is 0 Å². The van der Waals surface area contributed by atoms with Crippen LogP contribution in [0.1, 0.15) is 0 Å². The molecule has 0 N–H and O–H groups in total. The van der Waals surface area contributed by atoms with E-state index in [9.17, 15) is 0 Å². The third-order valence-electron chi connectivity index (χ3n) is 0. The molecule has 0 heterocycles. The fourth-order valence-electron chi connectivity index (χ4n) is 0. The van der Waals surface area contributed by atoms with Gasteiger partial charge in [-0.25, -0.2) is 0 Å². The number of rotatable bonds is 0. The average Bonchev–Trinajstić information content (AvgIpc) is 0. The van der Waals surface area contributed by atoms with Crippen molar-refractivity contribution < 1.29 is 34.1 Å². The molecule has 0 fully saturated rings. The van der Waals surface area contributed by atoms with Crippen LogP contribution < -0.4 is 0 Å². The van der Waals surface area contributed by atoms with Gasteiger partial charge in [0.15, 0.2) is 0 Å². The summed E-state index contributed by atoms with van der Waals surface area (Å²) in [5.74, 6) is 0. The van der Waals surface area contributed by atoms with Crippen molar-refractivity contribution in [1.29, 1.82) is 0 Å². The van der Waals surface area contributed by atoms with E-state index in [4.69, 9.17) is 0 Å². The predicted octanol–water partition coefficient (Wildman–Crippen LogP) is -2.11. The van der Waals surface area contributed by atoms with Crippen LogP contribution in [0.4, 0.5) is 0 Å². The fourth-order valence-corrected chi connectivity index (χ4v) is 0. The summed E-state index contributed by atoms with van der Waals surface area (Å²) < 4.78 is 0. The van der Waals surface area contributed by atoms with Gasteiger partial charge in [0.2, 0.25) is 0 Å². The van der Waals surface area contributed by atoms with E-state index in [1.165, 1.54) is 0 Å². The molecule has 0 atom stereocenters. The third-order valence-corrected chi connectivity index (χ3v) is 0. The van der Waals surface area contributed by atoms with Gasteiger partial charge in [-0.05, 0) is 0 Å². The summed E-state index contributed by atoms with van der Waals surface area (Å²) in [7, 11) is 0. The van der Waals surface area contributed by atoms with Gasteiger partial charge >= 0.3 is 53.5 Å². The Morgan fingerprint density at radius 1 is 1.00 bits per heavy atom. The van der Waals surface area contributed by atoms with E-state index in [1.54, 1.807) is 0 Å². The van der Waals surface area contributed by atoms with E-state index in [0.29, 0.717) is 0 Å². The molecule has 0 aliphatic heterocycles. The van der Waals surface area contributed by atoms with Gasteiger partial charge in [0.05, 0.1) is 0 Å². The Morgan fingerprint density at radius 2 is 1.00 bits per heavy atom. The zero-order valence-corrected chi connectivity index (χ0v) is 15.2. The molecule has 0 aliphatic carbocycles. The first kappa shape index (κ1) is 28.9. The van der Waals surface area contributed by atoms with Crippen LogP contribution in [-0.2, 0) is 34.1 Å². The summed E-state index contributed by atoms with van der Waals surface area (Å²) in [6.07, 6.45) is 0. The minimum atomic E-state index is 0. The Balaban J connectivity index is 0. The van der Waals surface area contributed by atoms with Crippen LogP contribution in [0.3, 0.4) is 0 Å². The van der Waals surface area contributed by atoms with Gasteiger partial charge in [0.1, 0.15) is 0 Å². The molecule has 0 unspecified atom stereocenters. The average molecular weight is 540 g/mol. The van der Waals surface area contributed by atoms with Crippen molar-refractivity contribution in [3.8, 4) is 0 Å². The van der Waals surface area contributed by atoms with E-state index in [1.807, 2.05) is 0 Å². The van der Waals surface area contributed by atoms with Crippen LogP contribution in [0.2, 0.25) is 0 Å². The van der Waals surface area contributed by atoms with Gasteiger partial charge in [-0.15, -0.1) is 0 Å². The first-order chi connectivity index (χ1) is 0. The fraction of sp³-hybridized carbons (Fsp3) is 0. The molecule has 0 aromatic carbocycles. The summed E-state index contributed by atoms with van der Waals surface area (Å²) in [5, 5.41) is 0. The van der Waals surface area contributed by atoms with Crippen LogP contribution >= 0.6 is 0 Å². The molecule has 4 heavy (non-hydrogen) atoms. The Hall–Kier alpha value is 2.84. The van der Waals surface area contributed by atoms with E-state index >= 15 is 0 Å². The number of hydrogen-bond donors (Lipinski definition) is 0. The zero-order chi connectivity index (χ0) is 0. The van der Waals surface area contributed by atoms with Crippen molar-refractivity contribution in [3.05, 3.63) is 0 Å². The summed E-state index contributed by atoms with van der Waals surface area (Å²) in [6.45, 7) is 0. The van der Waals surface area contributed by atoms with Gasteiger partial charge in [0.25, 0.3) is 0 Å². The Bertz CT molecular complexity index is 8.00. The maximum absolute atomic E-state index is 0. The standard InChI is InChI=1S/Bi.Cu.Mn.Pb.5H. The van der Waals surface area contributed by atoms with Gasteiger partial charge in [-0.2, -0.15) is 0 Å². The summed E-state index contributed by atoms with van der Waals surface area (Å²) >= 11 is 0. The van der Waals surface area contributed by atoms with Crippen molar-refractivity contribution >= 4 is 53.5 Å². The SMILES string of the molecule is [BiH3].[Cu].[Mn].[PbH2]. The summed E-state index contributed by atoms with van der Waals surface area (Å²) in [6, 6.07) is 0. The van der Waals surface area contributed by atoms with Crippen LogP contribution in [0, 0.1) is 0 Å². The first-order valence-electron chi connectivity index (χ1n) is 0. The molecular formula is H5BiCuMnPb. The van der Waals surface area contributed by atoms with Gasteiger partial charge in [-0.3, -0.25) is 0 Å². The molecule has 0 aliphatic rings. The molecule has 0 amide bonds. The number of hydrogen-bond acceptors (Lipinski definition) is 0. The Kier molecular flexibility index (Phi) is 122. The monoisotopic (exact) mass is 540 g/mol. The molecule has 0 saturated carbocycles. The van der Waals surface area contributed by atoms with Crippen LogP contribution in [0.5, 0.6) is 0 Å². The van der Waals surface area contributed by atoms with Crippen molar-refractivity contribution in [3.63, 3.8) is 0 Å². The van der Waals surface area contributed by atoms with Crippen molar-refractivity contribution in [2.45, 2.75) is 0 Å². The zero-order valence-electron chi connectivity index (χ0n) is 2.09. The molecular weight excluding hydrogens is 535 g/mol. The normalized spacial score (nSPS) is 0.